The fourth-order valence-electron chi connectivity index (χ4n) is 1.73. The number of para-hydroxylation sites is 1. The minimum atomic E-state index is -0.0985. The lowest BCUT2D eigenvalue weighted by Crippen LogP contribution is -2.39. The molecule has 0 aliphatic heterocycles. The zero-order valence-electron chi connectivity index (χ0n) is 11.2. The lowest BCUT2D eigenvalue weighted by molar-refractivity contribution is -0.129. The van der Waals surface area contributed by atoms with Gasteiger partial charge in [-0.1, -0.05) is 23.4 Å². The zero-order valence-corrected chi connectivity index (χ0v) is 11.2. The second-order valence-electron chi connectivity index (χ2n) is 3.99. The van der Waals surface area contributed by atoms with Crippen LogP contribution in [-0.4, -0.2) is 42.0 Å². The van der Waals surface area contributed by atoms with Crippen LogP contribution in [0.4, 0.5) is 0 Å². The monoisotopic (exact) mass is 265 g/mol. The molecule has 6 nitrogen and oxygen atoms in total. The molecule has 1 amide bonds. The highest BCUT2D eigenvalue weighted by atomic mass is 16.5. The van der Waals surface area contributed by atoms with Crippen molar-refractivity contribution < 1.29 is 14.7 Å². The number of likely N-dealkylation sites (N-methyl/N-ethyl adjacent to an activating group) is 1. The summed E-state index contributed by atoms with van der Waals surface area (Å²) < 4.78 is 5.20. The first-order chi connectivity index (χ1) is 9.12. The van der Waals surface area contributed by atoms with Crippen LogP contribution in [-0.2, 0) is 11.2 Å². The maximum atomic E-state index is 12.1. The molecule has 1 aromatic rings. The number of ether oxygens (including phenoxy) is 1. The topological polar surface area (TPSA) is 88.1 Å². The van der Waals surface area contributed by atoms with Crippen molar-refractivity contribution in [1.29, 1.82) is 0 Å². The molecule has 0 bridgehead atoms. The standard InChI is InChI=1S/C13H19N3O3/c1-3-16(9-12(14)15-18)13(17)8-10-6-4-5-7-11(10)19-2/h4-7,18H,3,8-9H2,1-2H3,(H2,14,15). The second-order valence-corrected chi connectivity index (χ2v) is 3.99. The molecular formula is C13H19N3O3. The van der Waals surface area contributed by atoms with E-state index in [9.17, 15) is 4.79 Å². The maximum absolute atomic E-state index is 12.1. The second kappa shape index (κ2) is 7.25. The first-order valence-electron chi connectivity index (χ1n) is 5.98. The number of amides is 1. The molecule has 19 heavy (non-hydrogen) atoms. The Labute approximate surface area is 112 Å². The molecule has 0 spiro atoms. The number of rotatable bonds is 6. The number of carbonyl (C=O) groups excluding carboxylic acids is 1. The van der Waals surface area contributed by atoms with Gasteiger partial charge in [-0.25, -0.2) is 0 Å². The van der Waals surface area contributed by atoms with Gasteiger partial charge in [0.2, 0.25) is 5.91 Å². The molecule has 104 valence electrons. The van der Waals surface area contributed by atoms with Gasteiger partial charge >= 0.3 is 0 Å². The van der Waals surface area contributed by atoms with E-state index in [2.05, 4.69) is 5.16 Å². The van der Waals surface area contributed by atoms with E-state index in [-0.39, 0.29) is 24.7 Å². The fourth-order valence-corrected chi connectivity index (χ4v) is 1.73. The van der Waals surface area contributed by atoms with Crippen LogP contribution in [0, 0.1) is 0 Å². The van der Waals surface area contributed by atoms with Crippen molar-refractivity contribution in [3.05, 3.63) is 29.8 Å². The number of hydrogen-bond acceptors (Lipinski definition) is 4. The SMILES string of the molecule is CCN(CC(N)=NO)C(=O)Cc1ccccc1OC. The summed E-state index contributed by atoms with van der Waals surface area (Å²) in [5, 5.41) is 11.4. The van der Waals surface area contributed by atoms with Crippen molar-refractivity contribution in [3.8, 4) is 5.75 Å². The fraction of sp³-hybridized carbons (Fsp3) is 0.385. The van der Waals surface area contributed by atoms with Crippen molar-refractivity contribution in [1.82, 2.24) is 4.90 Å². The van der Waals surface area contributed by atoms with Gasteiger partial charge < -0.3 is 20.6 Å². The summed E-state index contributed by atoms with van der Waals surface area (Å²) in [5.41, 5.74) is 6.23. The highest BCUT2D eigenvalue weighted by Gasteiger charge is 2.15. The Balaban J connectivity index is 2.77. The van der Waals surface area contributed by atoms with Crippen LogP contribution in [0.3, 0.4) is 0 Å². The van der Waals surface area contributed by atoms with Crippen molar-refractivity contribution >= 4 is 11.7 Å². The minimum absolute atomic E-state index is 0.00947. The van der Waals surface area contributed by atoms with E-state index in [1.54, 1.807) is 7.11 Å². The summed E-state index contributed by atoms with van der Waals surface area (Å²) >= 11 is 0. The van der Waals surface area contributed by atoms with Gasteiger partial charge in [0.25, 0.3) is 0 Å². The molecule has 0 unspecified atom stereocenters. The average molecular weight is 265 g/mol. The third kappa shape index (κ3) is 4.17. The predicted octanol–water partition coefficient (Wildman–Crippen LogP) is 0.833. The minimum Gasteiger partial charge on any atom is -0.496 e. The van der Waals surface area contributed by atoms with E-state index in [1.165, 1.54) is 4.90 Å². The van der Waals surface area contributed by atoms with Gasteiger partial charge in [0.05, 0.1) is 20.1 Å². The molecule has 0 heterocycles. The van der Waals surface area contributed by atoms with Gasteiger partial charge in [-0.15, -0.1) is 0 Å². The Morgan fingerprint density at radius 1 is 1.47 bits per heavy atom. The molecule has 1 rings (SSSR count). The summed E-state index contributed by atoms with van der Waals surface area (Å²) in [5.74, 6) is 0.588. The number of nitrogens with zero attached hydrogens (tertiary/aromatic N) is 2. The highest BCUT2D eigenvalue weighted by molar-refractivity contribution is 5.87. The molecule has 0 aliphatic rings. The van der Waals surface area contributed by atoms with Gasteiger partial charge in [0, 0.05) is 12.1 Å². The van der Waals surface area contributed by atoms with Gasteiger partial charge in [-0.3, -0.25) is 4.79 Å². The lowest BCUT2D eigenvalue weighted by Gasteiger charge is -2.20. The number of carbonyl (C=O) groups is 1. The van der Waals surface area contributed by atoms with Crippen molar-refractivity contribution in [2.24, 2.45) is 10.9 Å². The molecule has 0 aliphatic carbocycles. The van der Waals surface area contributed by atoms with Crippen LogP contribution in [0.2, 0.25) is 0 Å². The van der Waals surface area contributed by atoms with Crippen LogP contribution >= 0.6 is 0 Å². The van der Waals surface area contributed by atoms with Crippen LogP contribution < -0.4 is 10.5 Å². The number of hydrogen-bond donors (Lipinski definition) is 2. The van der Waals surface area contributed by atoms with E-state index in [1.807, 2.05) is 31.2 Å². The van der Waals surface area contributed by atoms with Gasteiger partial charge in [-0.2, -0.15) is 0 Å². The summed E-state index contributed by atoms with van der Waals surface area (Å²) in [6.07, 6.45) is 0.219. The van der Waals surface area contributed by atoms with Gasteiger partial charge in [0.15, 0.2) is 5.84 Å². The van der Waals surface area contributed by atoms with Crippen LogP contribution in [0.15, 0.2) is 29.4 Å². The molecule has 6 heteroatoms. The average Bonchev–Trinajstić information content (AvgIpc) is 2.44. The smallest absolute Gasteiger partial charge is 0.227 e. The van der Waals surface area contributed by atoms with Crippen molar-refractivity contribution in [2.75, 3.05) is 20.2 Å². The summed E-state index contributed by atoms with van der Waals surface area (Å²) in [7, 11) is 1.57. The van der Waals surface area contributed by atoms with Crippen LogP contribution in [0.25, 0.3) is 0 Å². The Morgan fingerprint density at radius 2 is 2.16 bits per heavy atom. The summed E-state index contributed by atoms with van der Waals surface area (Å²) in [6, 6.07) is 7.35. The zero-order chi connectivity index (χ0) is 14.3. The first kappa shape index (κ1) is 14.8. The Morgan fingerprint density at radius 3 is 2.74 bits per heavy atom. The quantitative estimate of drug-likeness (QED) is 0.345. The first-order valence-corrected chi connectivity index (χ1v) is 5.98. The van der Waals surface area contributed by atoms with Crippen molar-refractivity contribution in [3.63, 3.8) is 0 Å². The lowest BCUT2D eigenvalue weighted by atomic mass is 10.1. The highest BCUT2D eigenvalue weighted by Crippen LogP contribution is 2.18. The van der Waals surface area contributed by atoms with Crippen LogP contribution in [0.5, 0.6) is 5.75 Å². The molecule has 0 fully saturated rings. The predicted molar refractivity (Wildman–Crippen MR) is 72.4 cm³/mol. The number of oxime groups is 1. The molecular weight excluding hydrogens is 246 g/mol. The molecule has 1 aromatic carbocycles. The Kier molecular flexibility index (Phi) is 5.66. The van der Waals surface area contributed by atoms with E-state index >= 15 is 0 Å². The Hall–Kier alpha value is -2.24. The Bertz CT molecular complexity index is 460. The van der Waals surface area contributed by atoms with E-state index in [0.717, 1.165) is 5.56 Å². The molecule has 0 radical (unpaired) electrons. The molecule has 0 aromatic heterocycles. The summed E-state index contributed by atoms with van der Waals surface area (Å²) in [6.45, 7) is 2.44. The number of methoxy groups -OCH3 is 1. The van der Waals surface area contributed by atoms with E-state index in [4.69, 9.17) is 15.7 Å². The third-order valence-corrected chi connectivity index (χ3v) is 2.75. The van der Waals surface area contributed by atoms with Gasteiger partial charge in [0.1, 0.15) is 5.75 Å². The van der Waals surface area contributed by atoms with Crippen LogP contribution in [0.1, 0.15) is 12.5 Å². The van der Waals surface area contributed by atoms with Gasteiger partial charge in [-0.05, 0) is 13.0 Å². The number of benzene rings is 1. The third-order valence-electron chi connectivity index (χ3n) is 2.75. The maximum Gasteiger partial charge on any atom is 0.227 e. The van der Waals surface area contributed by atoms with E-state index in [0.29, 0.717) is 12.3 Å². The van der Waals surface area contributed by atoms with E-state index < -0.39 is 0 Å². The van der Waals surface area contributed by atoms with Crippen molar-refractivity contribution in [2.45, 2.75) is 13.3 Å². The molecule has 0 saturated carbocycles. The molecule has 3 N–H and O–H groups in total. The number of nitrogens with two attached hydrogens (primary N) is 1. The normalized spacial score (nSPS) is 11.2. The molecule has 0 atom stereocenters. The summed E-state index contributed by atoms with van der Waals surface area (Å²) in [4.78, 5) is 13.7. The largest absolute Gasteiger partial charge is 0.496 e. The number of amidine groups is 1. The molecule has 0 saturated heterocycles.